The second kappa shape index (κ2) is 12.4. The van der Waals surface area contributed by atoms with Crippen LogP contribution in [-0.2, 0) is 11.2 Å². The molecule has 1 saturated heterocycles. The van der Waals surface area contributed by atoms with Crippen molar-refractivity contribution >= 4 is 29.9 Å². The van der Waals surface area contributed by atoms with E-state index in [4.69, 9.17) is 4.74 Å². The Labute approximate surface area is 171 Å². The second-order valence-electron chi connectivity index (χ2n) is 6.17. The summed E-state index contributed by atoms with van der Waals surface area (Å²) in [6.45, 7) is 9.58. The van der Waals surface area contributed by atoms with Crippen LogP contribution in [-0.4, -0.2) is 62.8 Å². The zero-order valence-corrected chi connectivity index (χ0v) is 17.8. The van der Waals surface area contributed by atoms with Gasteiger partial charge in [0.2, 0.25) is 0 Å². The third-order valence-corrected chi connectivity index (χ3v) is 4.16. The van der Waals surface area contributed by atoms with Gasteiger partial charge in [-0.25, -0.2) is 8.78 Å². The van der Waals surface area contributed by atoms with Crippen LogP contribution in [0.15, 0.2) is 23.2 Å². The molecule has 0 amide bonds. The summed E-state index contributed by atoms with van der Waals surface area (Å²) in [4.78, 5) is 6.99. The molecule has 1 fully saturated rings. The maximum atomic E-state index is 13.2. The van der Waals surface area contributed by atoms with Crippen molar-refractivity contribution in [3.05, 3.63) is 35.4 Å². The summed E-state index contributed by atoms with van der Waals surface area (Å²) in [7, 11) is 0. The number of halogens is 3. The summed E-state index contributed by atoms with van der Waals surface area (Å²) < 4.78 is 31.8. The molecular formula is C18H29F2IN4O. The van der Waals surface area contributed by atoms with Crippen LogP contribution in [0.1, 0.15) is 19.4 Å². The minimum atomic E-state index is -0.546. The first-order valence-electron chi connectivity index (χ1n) is 8.87. The summed E-state index contributed by atoms with van der Waals surface area (Å²) in [5.74, 6) is -0.371. The highest BCUT2D eigenvalue weighted by molar-refractivity contribution is 14.0. The van der Waals surface area contributed by atoms with E-state index in [9.17, 15) is 8.78 Å². The summed E-state index contributed by atoms with van der Waals surface area (Å²) in [6, 6.07) is 3.94. The average molecular weight is 482 g/mol. The number of hydrogen-bond donors (Lipinski definition) is 2. The van der Waals surface area contributed by atoms with Gasteiger partial charge in [0.1, 0.15) is 11.6 Å². The van der Waals surface area contributed by atoms with Gasteiger partial charge >= 0.3 is 0 Å². The number of hydrogen-bond acceptors (Lipinski definition) is 3. The van der Waals surface area contributed by atoms with E-state index in [-0.39, 0.29) is 24.0 Å². The number of nitrogens with zero attached hydrogens (tertiary/aromatic N) is 2. The highest BCUT2D eigenvalue weighted by Crippen LogP contribution is 2.08. The van der Waals surface area contributed by atoms with Gasteiger partial charge in [-0.1, -0.05) is 0 Å². The molecule has 0 aliphatic carbocycles. The molecule has 26 heavy (non-hydrogen) atoms. The zero-order chi connectivity index (χ0) is 18.1. The zero-order valence-electron chi connectivity index (χ0n) is 15.4. The maximum Gasteiger partial charge on any atom is 0.191 e. The highest BCUT2D eigenvalue weighted by Gasteiger charge is 2.16. The predicted octanol–water partition coefficient (Wildman–Crippen LogP) is 2.40. The van der Waals surface area contributed by atoms with E-state index in [1.807, 2.05) is 6.92 Å². The summed E-state index contributed by atoms with van der Waals surface area (Å²) in [5.41, 5.74) is 0.627. The Hall–Kier alpha value is -1.00. The van der Waals surface area contributed by atoms with Crippen LogP contribution in [0.25, 0.3) is 0 Å². The number of benzene rings is 1. The van der Waals surface area contributed by atoms with Gasteiger partial charge in [-0.2, -0.15) is 0 Å². The van der Waals surface area contributed by atoms with Crippen molar-refractivity contribution in [2.45, 2.75) is 26.3 Å². The Morgan fingerprint density at radius 2 is 1.85 bits per heavy atom. The molecule has 1 aromatic carbocycles. The van der Waals surface area contributed by atoms with Crippen LogP contribution < -0.4 is 10.6 Å². The molecule has 1 aromatic rings. The van der Waals surface area contributed by atoms with Crippen molar-refractivity contribution in [3.63, 3.8) is 0 Å². The van der Waals surface area contributed by atoms with E-state index < -0.39 is 11.6 Å². The topological polar surface area (TPSA) is 48.9 Å². The molecule has 2 N–H and O–H groups in total. The van der Waals surface area contributed by atoms with Crippen molar-refractivity contribution in [3.8, 4) is 0 Å². The van der Waals surface area contributed by atoms with Crippen molar-refractivity contribution in [1.82, 2.24) is 15.5 Å². The van der Waals surface area contributed by atoms with Crippen LogP contribution in [0.4, 0.5) is 8.78 Å². The molecule has 1 atom stereocenters. The lowest BCUT2D eigenvalue weighted by Crippen LogP contribution is -2.44. The largest absolute Gasteiger partial charge is 0.379 e. The molecule has 5 nitrogen and oxygen atoms in total. The fraction of sp³-hybridized carbons (Fsp3) is 0.611. The number of nitrogens with one attached hydrogen (secondary N) is 2. The smallest absolute Gasteiger partial charge is 0.191 e. The van der Waals surface area contributed by atoms with E-state index in [2.05, 4.69) is 27.4 Å². The van der Waals surface area contributed by atoms with Gasteiger partial charge in [0, 0.05) is 38.3 Å². The average Bonchev–Trinajstić information content (AvgIpc) is 2.59. The van der Waals surface area contributed by atoms with E-state index >= 15 is 0 Å². The van der Waals surface area contributed by atoms with Crippen molar-refractivity contribution in [2.75, 3.05) is 45.9 Å². The number of guanidine groups is 1. The Morgan fingerprint density at radius 1 is 1.19 bits per heavy atom. The van der Waals surface area contributed by atoms with Gasteiger partial charge in [-0.15, -0.1) is 24.0 Å². The van der Waals surface area contributed by atoms with Gasteiger partial charge in [0.15, 0.2) is 5.96 Å². The quantitative estimate of drug-likeness (QED) is 0.356. The molecule has 148 valence electrons. The van der Waals surface area contributed by atoms with E-state index in [1.54, 1.807) is 0 Å². The summed E-state index contributed by atoms with van der Waals surface area (Å²) in [5, 5.41) is 6.41. The molecule has 0 bridgehead atoms. The molecule has 1 unspecified atom stereocenters. The lowest BCUT2D eigenvalue weighted by Gasteiger charge is -2.31. The number of morpholine rings is 1. The Bertz CT molecular complexity index is 548. The lowest BCUT2D eigenvalue weighted by atomic mass is 10.1. The molecule has 1 aliphatic rings. The number of aliphatic imine (C=N–C) groups is 1. The van der Waals surface area contributed by atoms with Gasteiger partial charge in [0.05, 0.1) is 19.8 Å². The predicted molar refractivity (Wildman–Crippen MR) is 111 cm³/mol. The minimum absolute atomic E-state index is 0. The van der Waals surface area contributed by atoms with Crippen LogP contribution >= 0.6 is 24.0 Å². The van der Waals surface area contributed by atoms with Crippen molar-refractivity contribution in [2.24, 2.45) is 4.99 Å². The van der Waals surface area contributed by atoms with E-state index in [1.165, 1.54) is 12.1 Å². The van der Waals surface area contributed by atoms with Crippen LogP contribution in [0.5, 0.6) is 0 Å². The third-order valence-electron chi connectivity index (χ3n) is 4.16. The number of rotatable bonds is 7. The monoisotopic (exact) mass is 482 g/mol. The molecule has 1 heterocycles. The molecule has 2 rings (SSSR count). The lowest BCUT2D eigenvalue weighted by molar-refractivity contribution is 0.0220. The molecule has 1 aliphatic heterocycles. The molecule has 8 heteroatoms. The summed E-state index contributed by atoms with van der Waals surface area (Å²) >= 11 is 0. The standard InChI is InChI=1S/C18H28F2N4O.HI/c1-3-21-18(23-13-14(2)24-6-8-25-9-7-24)22-5-4-15-10-16(19)12-17(20)11-15;/h10-12,14H,3-9,13H2,1-2H3,(H2,21,22,23);1H. The highest BCUT2D eigenvalue weighted by atomic mass is 127. The Morgan fingerprint density at radius 3 is 2.46 bits per heavy atom. The van der Waals surface area contributed by atoms with Crippen LogP contribution in [0.2, 0.25) is 0 Å². The maximum absolute atomic E-state index is 13.2. The van der Waals surface area contributed by atoms with Crippen LogP contribution in [0.3, 0.4) is 0 Å². The fourth-order valence-electron chi connectivity index (χ4n) is 2.78. The van der Waals surface area contributed by atoms with Crippen molar-refractivity contribution in [1.29, 1.82) is 0 Å². The Balaban J connectivity index is 0.00000338. The molecular weight excluding hydrogens is 453 g/mol. The van der Waals surface area contributed by atoms with Gasteiger partial charge in [-0.3, -0.25) is 9.89 Å². The van der Waals surface area contributed by atoms with Gasteiger partial charge < -0.3 is 15.4 Å². The van der Waals surface area contributed by atoms with Gasteiger partial charge in [-0.05, 0) is 38.0 Å². The van der Waals surface area contributed by atoms with Crippen molar-refractivity contribution < 1.29 is 13.5 Å². The first kappa shape index (κ1) is 23.0. The van der Waals surface area contributed by atoms with E-state index in [0.717, 1.165) is 44.9 Å². The fourth-order valence-corrected chi connectivity index (χ4v) is 2.78. The molecule has 0 spiro atoms. The molecule has 0 radical (unpaired) electrons. The number of ether oxygens (including phenoxy) is 1. The normalized spacial score (nSPS) is 16.7. The van der Waals surface area contributed by atoms with Gasteiger partial charge in [0.25, 0.3) is 0 Å². The summed E-state index contributed by atoms with van der Waals surface area (Å²) in [6.07, 6.45) is 0.526. The molecule has 0 aromatic heterocycles. The van der Waals surface area contributed by atoms with Crippen LogP contribution in [0, 0.1) is 11.6 Å². The van der Waals surface area contributed by atoms with E-state index in [0.29, 0.717) is 31.1 Å². The first-order chi connectivity index (χ1) is 12.1. The Kier molecular flexibility index (Phi) is 11.0. The second-order valence-corrected chi connectivity index (χ2v) is 6.17. The molecule has 0 saturated carbocycles. The third kappa shape index (κ3) is 8.13. The first-order valence-corrected chi connectivity index (χ1v) is 8.87. The SMILES string of the molecule is CCNC(=NCC(C)N1CCOCC1)NCCc1cc(F)cc(F)c1.I. The minimum Gasteiger partial charge on any atom is -0.379 e.